The minimum Gasteiger partial charge on any atom is -0.488 e. The van der Waals surface area contributed by atoms with Crippen LogP contribution in [0, 0.1) is 0 Å². The van der Waals surface area contributed by atoms with E-state index in [4.69, 9.17) is 4.74 Å². The topological polar surface area (TPSA) is 83.0 Å². The Labute approximate surface area is 187 Å². The molecule has 0 radical (unpaired) electrons. The standard InChI is InChI=1S/C19H34N4O3S.HI/c1-7-27(24,25)23(6)14-10-13-21-18(20-5)22-15-16-11-8-9-12-17(16)26-19(2,3)4;/h8-9,11-12H,7,10,13-15H2,1-6H3,(H2,20,21,22);1H. The maximum absolute atomic E-state index is 11.7. The van der Waals surface area contributed by atoms with E-state index in [-0.39, 0.29) is 35.3 Å². The molecular formula is C19H35IN4O3S. The third-order valence-electron chi connectivity index (χ3n) is 3.84. The van der Waals surface area contributed by atoms with Crippen LogP contribution < -0.4 is 15.4 Å². The van der Waals surface area contributed by atoms with Gasteiger partial charge in [0.25, 0.3) is 0 Å². The number of hydrogen-bond acceptors (Lipinski definition) is 4. The molecular weight excluding hydrogens is 491 g/mol. The smallest absolute Gasteiger partial charge is 0.213 e. The lowest BCUT2D eigenvalue weighted by atomic mass is 10.1. The molecule has 0 saturated carbocycles. The lowest BCUT2D eigenvalue weighted by Crippen LogP contribution is -2.39. The van der Waals surface area contributed by atoms with Gasteiger partial charge in [-0.25, -0.2) is 12.7 Å². The number of hydrogen-bond donors (Lipinski definition) is 2. The van der Waals surface area contributed by atoms with Crippen molar-refractivity contribution in [2.45, 2.75) is 46.3 Å². The van der Waals surface area contributed by atoms with Gasteiger partial charge in [0.2, 0.25) is 10.0 Å². The molecule has 0 heterocycles. The van der Waals surface area contributed by atoms with E-state index in [0.29, 0.717) is 32.0 Å². The molecule has 1 aromatic rings. The Morgan fingerprint density at radius 1 is 1.21 bits per heavy atom. The first-order chi connectivity index (χ1) is 12.6. The van der Waals surface area contributed by atoms with Crippen LogP contribution in [-0.4, -0.2) is 57.2 Å². The van der Waals surface area contributed by atoms with Gasteiger partial charge in [-0.05, 0) is 40.2 Å². The second-order valence-electron chi connectivity index (χ2n) is 7.25. The Kier molecular flexibility index (Phi) is 12.0. The van der Waals surface area contributed by atoms with Gasteiger partial charge in [0, 0.05) is 39.3 Å². The number of nitrogens with zero attached hydrogens (tertiary/aromatic N) is 2. The molecule has 0 spiro atoms. The summed E-state index contributed by atoms with van der Waals surface area (Å²) in [5, 5.41) is 6.48. The summed E-state index contributed by atoms with van der Waals surface area (Å²) in [4.78, 5) is 4.21. The highest BCUT2D eigenvalue weighted by atomic mass is 127. The Bertz CT molecular complexity index is 718. The highest BCUT2D eigenvalue weighted by Crippen LogP contribution is 2.22. The maximum Gasteiger partial charge on any atom is 0.213 e. The van der Waals surface area contributed by atoms with Crippen molar-refractivity contribution < 1.29 is 13.2 Å². The molecule has 0 aliphatic rings. The summed E-state index contributed by atoms with van der Waals surface area (Å²) in [6.45, 7) is 9.40. The molecule has 0 aliphatic heterocycles. The van der Waals surface area contributed by atoms with Crippen LogP contribution in [0.4, 0.5) is 0 Å². The number of benzene rings is 1. The number of rotatable bonds is 9. The van der Waals surface area contributed by atoms with E-state index < -0.39 is 10.0 Å². The van der Waals surface area contributed by atoms with E-state index >= 15 is 0 Å². The summed E-state index contributed by atoms with van der Waals surface area (Å²) in [6, 6.07) is 7.92. The predicted octanol–water partition coefficient (Wildman–Crippen LogP) is 2.82. The molecule has 2 N–H and O–H groups in total. The lowest BCUT2D eigenvalue weighted by molar-refractivity contribution is 0.129. The zero-order valence-corrected chi connectivity index (χ0v) is 20.9. The molecule has 0 bridgehead atoms. The molecule has 0 unspecified atom stereocenters. The summed E-state index contributed by atoms with van der Waals surface area (Å²) in [5.74, 6) is 1.64. The number of sulfonamides is 1. The van der Waals surface area contributed by atoms with Gasteiger partial charge in [0.05, 0.1) is 5.75 Å². The summed E-state index contributed by atoms with van der Waals surface area (Å²) >= 11 is 0. The molecule has 1 rings (SSSR count). The first-order valence-corrected chi connectivity index (χ1v) is 10.9. The molecule has 0 amide bonds. The van der Waals surface area contributed by atoms with Crippen molar-refractivity contribution in [2.24, 2.45) is 4.99 Å². The molecule has 9 heteroatoms. The van der Waals surface area contributed by atoms with Gasteiger partial charge in [0.15, 0.2) is 5.96 Å². The lowest BCUT2D eigenvalue weighted by Gasteiger charge is -2.23. The van der Waals surface area contributed by atoms with Gasteiger partial charge in [-0.2, -0.15) is 0 Å². The first kappa shape index (κ1) is 26.9. The van der Waals surface area contributed by atoms with Crippen molar-refractivity contribution in [2.75, 3.05) is 32.9 Å². The van der Waals surface area contributed by atoms with E-state index in [1.807, 2.05) is 45.0 Å². The fourth-order valence-corrected chi connectivity index (χ4v) is 3.19. The van der Waals surface area contributed by atoms with Crippen molar-refractivity contribution in [3.8, 4) is 5.75 Å². The van der Waals surface area contributed by atoms with Crippen molar-refractivity contribution in [1.82, 2.24) is 14.9 Å². The number of aliphatic imine (C=N–C) groups is 1. The van der Waals surface area contributed by atoms with Crippen LogP contribution in [0.15, 0.2) is 29.3 Å². The van der Waals surface area contributed by atoms with Crippen LogP contribution in [-0.2, 0) is 16.6 Å². The number of nitrogens with one attached hydrogen (secondary N) is 2. The first-order valence-electron chi connectivity index (χ1n) is 9.24. The molecule has 0 atom stereocenters. The van der Waals surface area contributed by atoms with Crippen molar-refractivity contribution in [3.05, 3.63) is 29.8 Å². The summed E-state index contributed by atoms with van der Waals surface area (Å²) < 4.78 is 30.9. The van der Waals surface area contributed by atoms with E-state index in [1.165, 1.54) is 4.31 Å². The van der Waals surface area contributed by atoms with Crippen molar-refractivity contribution in [1.29, 1.82) is 0 Å². The molecule has 0 fully saturated rings. The monoisotopic (exact) mass is 526 g/mol. The Morgan fingerprint density at radius 2 is 1.86 bits per heavy atom. The average molecular weight is 526 g/mol. The van der Waals surface area contributed by atoms with Gasteiger partial charge in [0.1, 0.15) is 11.4 Å². The SMILES string of the molecule is CCS(=O)(=O)N(C)CCCNC(=NC)NCc1ccccc1OC(C)(C)C.I. The van der Waals surface area contributed by atoms with Gasteiger partial charge in [-0.3, -0.25) is 4.99 Å². The summed E-state index contributed by atoms with van der Waals surface area (Å²) in [5.41, 5.74) is 0.782. The number of ether oxygens (including phenoxy) is 1. The minimum absolute atomic E-state index is 0. The Hall–Kier alpha value is -1.07. The largest absolute Gasteiger partial charge is 0.488 e. The third kappa shape index (κ3) is 9.92. The van der Waals surface area contributed by atoms with Crippen molar-refractivity contribution in [3.63, 3.8) is 0 Å². The molecule has 0 aliphatic carbocycles. The fraction of sp³-hybridized carbons (Fsp3) is 0.632. The van der Waals surface area contributed by atoms with E-state index in [2.05, 4.69) is 15.6 Å². The van der Waals surface area contributed by atoms with Crippen LogP contribution in [0.1, 0.15) is 39.7 Å². The quantitative estimate of drug-likeness (QED) is 0.224. The van der Waals surface area contributed by atoms with Crippen LogP contribution in [0.2, 0.25) is 0 Å². The molecule has 0 aromatic heterocycles. The predicted molar refractivity (Wildman–Crippen MR) is 127 cm³/mol. The second kappa shape index (κ2) is 12.5. The third-order valence-corrected chi connectivity index (χ3v) is 5.70. The van der Waals surface area contributed by atoms with Crippen molar-refractivity contribution >= 4 is 40.0 Å². The molecule has 1 aromatic carbocycles. The number of halogens is 1. The van der Waals surface area contributed by atoms with E-state index in [1.54, 1.807) is 21.0 Å². The van der Waals surface area contributed by atoms with Gasteiger partial charge < -0.3 is 15.4 Å². The second-order valence-corrected chi connectivity index (χ2v) is 9.61. The zero-order chi connectivity index (χ0) is 20.5. The summed E-state index contributed by atoms with van der Waals surface area (Å²) in [6.07, 6.45) is 0.695. The van der Waals surface area contributed by atoms with Crippen LogP contribution in [0.3, 0.4) is 0 Å². The van der Waals surface area contributed by atoms with E-state index in [9.17, 15) is 8.42 Å². The maximum atomic E-state index is 11.7. The number of guanidine groups is 1. The Morgan fingerprint density at radius 3 is 2.43 bits per heavy atom. The molecule has 162 valence electrons. The molecule has 7 nitrogen and oxygen atoms in total. The van der Waals surface area contributed by atoms with Crippen LogP contribution in [0.25, 0.3) is 0 Å². The van der Waals surface area contributed by atoms with Crippen LogP contribution >= 0.6 is 24.0 Å². The normalized spacial score (nSPS) is 12.5. The average Bonchev–Trinajstić information content (AvgIpc) is 2.60. The minimum atomic E-state index is -3.12. The van der Waals surface area contributed by atoms with Gasteiger partial charge in [-0.15, -0.1) is 24.0 Å². The fourth-order valence-electron chi connectivity index (χ4n) is 2.35. The molecule has 28 heavy (non-hydrogen) atoms. The van der Waals surface area contributed by atoms with Gasteiger partial charge >= 0.3 is 0 Å². The molecule has 0 saturated heterocycles. The number of para-hydroxylation sites is 1. The van der Waals surface area contributed by atoms with Gasteiger partial charge in [-0.1, -0.05) is 18.2 Å². The highest BCUT2D eigenvalue weighted by molar-refractivity contribution is 14.0. The zero-order valence-electron chi connectivity index (χ0n) is 17.8. The summed E-state index contributed by atoms with van der Waals surface area (Å²) in [7, 11) is 0.193. The van der Waals surface area contributed by atoms with Crippen LogP contribution in [0.5, 0.6) is 5.75 Å². The Balaban J connectivity index is 0.00000729. The van der Waals surface area contributed by atoms with E-state index in [0.717, 1.165) is 11.3 Å². The highest BCUT2D eigenvalue weighted by Gasteiger charge is 2.15.